The quantitative estimate of drug-likeness (QED) is 0.765. The molecule has 0 spiro atoms. The van der Waals surface area contributed by atoms with E-state index in [1.54, 1.807) is 29.2 Å². The average Bonchev–Trinajstić information content (AvgIpc) is 3.09. The van der Waals surface area contributed by atoms with Crippen LogP contribution in [0.3, 0.4) is 0 Å². The first-order valence-electron chi connectivity index (χ1n) is 10.5. The van der Waals surface area contributed by atoms with Gasteiger partial charge in [0.05, 0.1) is 5.92 Å². The largest absolute Gasteiger partial charge is 0.349 e. The molecule has 4 amide bonds. The Hall–Kier alpha value is -2.90. The van der Waals surface area contributed by atoms with Crippen molar-refractivity contribution in [2.24, 2.45) is 5.92 Å². The molecular weight excluding hydrogens is 384 g/mol. The van der Waals surface area contributed by atoms with E-state index in [0.717, 1.165) is 0 Å². The second-order valence-electron chi connectivity index (χ2n) is 8.38. The van der Waals surface area contributed by atoms with Gasteiger partial charge in [-0.3, -0.25) is 19.2 Å². The summed E-state index contributed by atoms with van der Waals surface area (Å²) < 4.78 is 0. The Kier molecular flexibility index (Phi) is 6.74. The fourth-order valence-electron chi connectivity index (χ4n) is 4.11. The smallest absolute Gasteiger partial charge is 0.251 e. The summed E-state index contributed by atoms with van der Waals surface area (Å²) in [6.45, 7) is 6.99. The Morgan fingerprint density at radius 2 is 1.83 bits per heavy atom. The number of nitrogens with zero attached hydrogens (tertiary/aromatic N) is 2. The molecule has 1 aromatic rings. The molecule has 3 rings (SSSR count). The molecule has 2 aliphatic rings. The second-order valence-corrected chi connectivity index (χ2v) is 8.38. The van der Waals surface area contributed by atoms with Crippen LogP contribution in [-0.2, 0) is 14.4 Å². The fraction of sp³-hybridized carbons (Fsp3) is 0.545. The van der Waals surface area contributed by atoms with Crippen LogP contribution in [0.4, 0.5) is 5.69 Å². The van der Waals surface area contributed by atoms with Crippen molar-refractivity contribution in [3.05, 3.63) is 29.8 Å². The maximum absolute atomic E-state index is 12.8. The van der Waals surface area contributed by atoms with Gasteiger partial charge in [-0.1, -0.05) is 6.07 Å². The van der Waals surface area contributed by atoms with Crippen molar-refractivity contribution < 1.29 is 19.2 Å². The lowest BCUT2D eigenvalue weighted by molar-refractivity contribution is -0.136. The molecule has 1 unspecified atom stereocenters. The number of anilines is 1. The molecule has 162 valence electrons. The molecule has 1 atom stereocenters. The molecule has 8 heteroatoms. The van der Waals surface area contributed by atoms with E-state index in [9.17, 15) is 19.2 Å². The van der Waals surface area contributed by atoms with Gasteiger partial charge in [0.2, 0.25) is 17.7 Å². The molecule has 0 aromatic heterocycles. The van der Waals surface area contributed by atoms with Crippen LogP contribution in [0.25, 0.3) is 0 Å². The van der Waals surface area contributed by atoms with Crippen LogP contribution in [0.5, 0.6) is 0 Å². The molecule has 1 aromatic carbocycles. The fourth-order valence-corrected chi connectivity index (χ4v) is 4.11. The van der Waals surface area contributed by atoms with Crippen molar-refractivity contribution in [1.29, 1.82) is 0 Å². The number of piperidine rings is 1. The highest BCUT2D eigenvalue weighted by Crippen LogP contribution is 2.24. The zero-order valence-electron chi connectivity index (χ0n) is 17.8. The molecule has 2 saturated heterocycles. The van der Waals surface area contributed by atoms with Gasteiger partial charge < -0.3 is 20.4 Å². The molecule has 2 N–H and O–H groups in total. The van der Waals surface area contributed by atoms with E-state index < -0.39 is 0 Å². The first kappa shape index (κ1) is 21.8. The topological polar surface area (TPSA) is 98.8 Å². The zero-order valence-corrected chi connectivity index (χ0v) is 17.8. The summed E-state index contributed by atoms with van der Waals surface area (Å²) in [5.41, 5.74) is 1.06. The highest BCUT2D eigenvalue weighted by molar-refractivity contribution is 5.97. The number of amides is 4. The Morgan fingerprint density at radius 1 is 1.13 bits per heavy atom. The van der Waals surface area contributed by atoms with E-state index in [0.29, 0.717) is 43.7 Å². The molecule has 0 bridgehead atoms. The van der Waals surface area contributed by atoms with Crippen LogP contribution in [0.1, 0.15) is 50.4 Å². The van der Waals surface area contributed by atoms with Gasteiger partial charge in [-0.2, -0.15) is 0 Å². The van der Waals surface area contributed by atoms with Crippen LogP contribution >= 0.6 is 0 Å². The zero-order chi connectivity index (χ0) is 21.8. The molecule has 0 radical (unpaired) electrons. The molecule has 30 heavy (non-hydrogen) atoms. The maximum Gasteiger partial charge on any atom is 0.251 e. The van der Waals surface area contributed by atoms with Crippen molar-refractivity contribution >= 4 is 29.3 Å². The molecule has 0 aliphatic carbocycles. The summed E-state index contributed by atoms with van der Waals surface area (Å²) in [6, 6.07) is 6.91. The number of hydrogen-bond donors (Lipinski definition) is 2. The second kappa shape index (κ2) is 9.28. The molecule has 0 saturated carbocycles. The number of carbonyl (C=O) groups excluding carboxylic acids is 4. The molecule has 8 nitrogen and oxygen atoms in total. The van der Waals surface area contributed by atoms with Crippen molar-refractivity contribution in [1.82, 2.24) is 15.1 Å². The van der Waals surface area contributed by atoms with E-state index in [1.165, 1.54) is 6.92 Å². The Morgan fingerprint density at radius 3 is 2.43 bits per heavy atom. The van der Waals surface area contributed by atoms with Gasteiger partial charge in [-0.25, -0.2) is 0 Å². The first-order chi connectivity index (χ1) is 14.2. The third-order valence-corrected chi connectivity index (χ3v) is 5.72. The number of carbonyl (C=O) groups is 4. The third kappa shape index (κ3) is 5.17. The van der Waals surface area contributed by atoms with Crippen LogP contribution in [0.2, 0.25) is 0 Å². The van der Waals surface area contributed by atoms with E-state index >= 15 is 0 Å². The SMILES string of the molecule is CC(=O)Nc1cccc(C(=O)NC2CCN(C(=O)C3CC(=O)N(C(C)C)C3)CC2)c1. The van der Waals surface area contributed by atoms with Gasteiger partial charge in [-0.05, 0) is 44.9 Å². The number of benzene rings is 1. The predicted octanol–water partition coefficient (Wildman–Crippen LogP) is 1.62. The predicted molar refractivity (Wildman–Crippen MR) is 113 cm³/mol. The number of likely N-dealkylation sites (tertiary alicyclic amines) is 2. The number of rotatable bonds is 5. The molecule has 2 fully saturated rings. The standard InChI is InChI=1S/C22H30N4O4/c1-14(2)26-13-17(12-20(26)28)22(30)25-9-7-18(8-10-25)24-21(29)16-5-4-6-19(11-16)23-15(3)27/h4-6,11,14,17-18H,7-10,12-13H2,1-3H3,(H,23,27)(H,24,29). The van der Waals surface area contributed by atoms with E-state index in [1.807, 2.05) is 18.7 Å². The summed E-state index contributed by atoms with van der Waals surface area (Å²) in [5.74, 6) is -0.556. The highest BCUT2D eigenvalue weighted by atomic mass is 16.2. The van der Waals surface area contributed by atoms with Crippen LogP contribution in [0.15, 0.2) is 24.3 Å². The van der Waals surface area contributed by atoms with Gasteiger partial charge in [0, 0.05) is 56.3 Å². The van der Waals surface area contributed by atoms with Crippen molar-refractivity contribution in [2.45, 2.75) is 52.1 Å². The monoisotopic (exact) mass is 414 g/mol. The third-order valence-electron chi connectivity index (χ3n) is 5.72. The summed E-state index contributed by atoms with van der Waals surface area (Å²) in [6.07, 6.45) is 1.65. The minimum atomic E-state index is -0.262. The van der Waals surface area contributed by atoms with Gasteiger partial charge >= 0.3 is 0 Å². The van der Waals surface area contributed by atoms with E-state index in [2.05, 4.69) is 10.6 Å². The van der Waals surface area contributed by atoms with Gasteiger partial charge in [0.1, 0.15) is 0 Å². The van der Waals surface area contributed by atoms with Gasteiger partial charge in [-0.15, -0.1) is 0 Å². The Balaban J connectivity index is 1.50. The number of hydrogen-bond acceptors (Lipinski definition) is 4. The summed E-state index contributed by atoms with van der Waals surface area (Å²) in [5, 5.41) is 5.69. The summed E-state index contributed by atoms with van der Waals surface area (Å²) >= 11 is 0. The number of nitrogens with one attached hydrogen (secondary N) is 2. The van der Waals surface area contributed by atoms with E-state index in [-0.39, 0.29) is 48.1 Å². The van der Waals surface area contributed by atoms with Gasteiger partial charge in [0.15, 0.2) is 0 Å². The van der Waals surface area contributed by atoms with Crippen molar-refractivity contribution in [3.63, 3.8) is 0 Å². The van der Waals surface area contributed by atoms with Crippen LogP contribution in [0, 0.1) is 5.92 Å². The Bertz CT molecular complexity index is 830. The lowest BCUT2D eigenvalue weighted by Crippen LogP contribution is -2.48. The van der Waals surface area contributed by atoms with Crippen LogP contribution < -0.4 is 10.6 Å². The lowest BCUT2D eigenvalue weighted by Gasteiger charge is -2.34. The maximum atomic E-state index is 12.8. The minimum Gasteiger partial charge on any atom is -0.349 e. The molecule has 2 aliphatic heterocycles. The van der Waals surface area contributed by atoms with Gasteiger partial charge in [0.25, 0.3) is 5.91 Å². The average molecular weight is 415 g/mol. The summed E-state index contributed by atoms with van der Waals surface area (Å²) in [4.78, 5) is 52.3. The molecular formula is C22H30N4O4. The molecule has 2 heterocycles. The van der Waals surface area contributed by atoms with Crippen molar-refractivity contribution in [3.8, 4) is 0 Å². The van der Waals surface area contributed by atoms with Crippen LogP contribution in [-0.4, -0.2) is 65.1 Å². The lowest BCUT2D eigenvalue weighted by atomic mass is 10.0. The Labute approximate surface area is 177 Å². The van der Waals surface area contributed by atoms with E-state index in [4.69, 9.17) is 0 Å². The highest BCUT2D eigenvalue weighted by Gasteiger charge is 2.38. The normalized spacial score (nSPS) is 19.9. The summed E-state index contributed by atoms with van der Waals surface area (Å²) in [7, 11) is 0. The van der Waals surface area contributed by atoms with Crippen molar-refractivity contribution in [2.75, 3.05) is 25.0 Å². The first-order valence-corrected chi connectivity index (χ1v) is 10.5. The minimum absolute atomic E-state index is 0.0108.